The molecule has 0 unspecified atom stereocenters. The van der Waals surface area contributed by atoms with Crippen molar-refractivity contribution in [2.24, 2.45) is 10.2 Å². The number of aromatic nitrogens is 2. The standard InChI is InChI=1S/C22H14Cl4N6/c23-17-7-5-13(9-19(17)25)11-27-29-21-15-3-1-2-4-16(15)22(32-31-21)30-28-12-14-6-8-18(24)20(26)10-14/h1-12H,(H,29,31)(H,30,32)/b27-11+,28-12+. The van der Waals surface area contributed by atoms with Gasteiger partial charge in [0.1, 0.15) is 0 Å². The molecular formula is C22H14Cl4N6. The van der Waals surface area contributed by atoms with Gasteiger partial charge in [0.25, 0.3) is 0 Å². The Morgan fingerprint density at radius 1 is 0.594 bits per heavy atom. The first-order chi connectivity index (χ1) is 15.5. The lowest BCUT2D eigenvalue weighted by molar-refractivity contribution is 1.03. The van der Waals surface area contributed by atoms with Gasteiger partial charge >= 0.3 is 0 Å². The Balaban J connectivity index is 1.53. The summed E-state index contributed by atoms with van der Waals surface area (Å²) in [7, 11) is 0. The summed E-state index contributed by atoms with van der Waals surface area (Å²) < 4.78 is 0. The van der Waals surface area contributed by atoms with Crippen LogP contribution in [0.25, 0.3) is 10.8 Å². The average Bonchev–Trinajstić information content (AvgIpc) is 2.79. The quantitative estimate of drug-likeness (QED) is 0.216. The number of nitrogens with zero attached hydrogens (tertiary/aromatic N) is 4. The van der Waals surface area contributed by atoms with Gasteiger partial charge in [-0.15, -0.1) is 10.2 Å². The molecule has 0 saturated heterocycles. The van der Waals surface area contributed by atoms with Crippen molar-refractivity contribution >= 4 is 81.2 Å². The van der Waals surface area contributed by atoms with Gasteiger partial charge in [0.15, 0.2) is 11.6 Å². The van der Waals surface area contributed by atoms with Crippen molar-refractivity contribution < 1.29 is 0 Å². The van der Waals surface area contributed by atoms with Crippen LogP contribution in [0.1, 0.15) is 11.1 Å². The topological polar surface area (TPSA) is 74.6 Å². The highest BCUT2D eigenvalue weighted by molar-refractivity contribution is 6.42. The van der Waals surface area contributed by atoms with Crippen LogP contribution in [0.4, 0.5) is 11.6 Å². The molecule has 1 aromatic heterocycles. The molecule has 0 radical (unpaired) electrons. The maximum absolute atomic E-state index is 6.03. The average molecular weight is 504 g/mol. The van der Waals surface area contributed by atoms with Crippen LogP contribution in [-0.2, 0) is 0 Å². The third kappa shape index (κ3) is 5.29. The highest BCUT2D eigenvalue weighted by atomic mass is 35.5. The van der Waals surface area contributed by atoms with E-state index in [2.05, 4.69) is 31.3 Å². The second-order valence-corrected chi connectivity index (χ2v) is 8.16. The van der Waals surface area contributed by atoms with Crippen LogP contribution in [0.5, 0.6) is 0 Å². The van der Waals surface area contributed by atoms with E-state index in [9.17, 15) is 0 Å². The number of fused-ring (bicyclic) bond motifs is 1. The Hall–Kier alpha value is -2.90. The molecule has 1 heterocycles. The van der Waals surface area contributed by atoms with E-state index >= 15 is 0 Å². The van der Waals surface area contributed by atoms with E-state index in [-0.39, 0.29) is 0 Å². The van der Waals surface area contributed by atoms with Crippen LogP contribution in [0.2, 0.25) is 20.1 Å². The van der Waals surface area contributed by atoms with Gasteiger partial charge in [-0.3, -0.25) is 10.9 Å². The summed E-state index contributed by atoms with van der Waals surface area (Å²) in [5.74, 6) is 0.992. The van der Waals surface area contributed by atoms with Crippen LogP contribution in [0.15, 0.2) is 70.9 Å². The summed E-state index contributed by atoms with van der Waals surface area (Å²) in [6.07, 6.45) is 3.23. The first kappa shape index (κ1) is 22.3. The molecule has 0 bridgehead atoms. The van der Waals surface area contributed by atoms with Crippen LogP contribution >= 0.6 is 46.4 Å². The van der Waals surface area contributed by atoms with Crippen molar-refractivity contribution in [1.29, 1.82) is 0 Å². The molecule has 4 aromatic rings. The predicted molar refractivity (Wildman–Crippen MR) is 135 cm³/mol. The second kappa shape index (κ2) is 10.1. The van der Waals surface area contributed by atoms with Crippen LogP contribution in [0, 0.1) is 0 Å². The summed E-state index contributed by atoms with van der Waals surface area (Å²) >= 11 is 23.9. The van der Waals surface area contributed by atoms with Gasteiger partial charge in [0.2, 0.25) is 0 Å². The number of halogens is 4. The molecular weight excluding hydrogens is 490 g/mol. The smallest absolute Gasteiger partial charge is 0.176 e. The molecule has 0 atom stereocenters. The normalized spacial score (nSPS) is 11.5. The van der Waals surface area contributed by atoms with Crippen molar-refractivity contribution in [2.45, 2.75) is 0 Å². The Kier molecular flexibility index (Phi) is 7.07. The van der Waals surface area contributed by atoms with E-state index in [1.807, 2.05) is 36.4 Å². The first-order valence-corrected chi connectivity index (χ1v) is 10.8. The predicted octanol–water partition coefficient (Wildman–Crippen LogP) is 7.14. The lowest BCUT2D eigenvalue weighted by Crippen LogP contribution is -2.01. The van der Waals surface area contributed by atoms with Crippen LogP contribution in [-0.4, -0.2) is 22.6 Å². The molecule has 0 fully saturated rings. The lowest BCUT2D eigenvalue weighted by atomic mass is 10.2. The Bertz CT molecular complexity index is 1240. The largest absolute Gasteiger partial charge is 0.259 e. The third-order valence-electron chi connectivity index (χ3n) is 4.34. The van der Waals surface area contributed by atoms with Gasteiger partial charge < -0.3 is 0 Å². The summed E-state index contributed by atoms with van der Waals surface area (Å²) in [5, 5.41) is 20.4. The van der Waals surface area contributed by atoms with Gasteiger partial charge in [-0.05, 0) is 35.4 Å². The van der Waals surface area contributed by atoms with Gasteiger partial charge in [-0.2, -0.15) is 10.2 Å². The first-order valence-electron chi connectivity index (χ1n) is 9.25. The van der Waals surface area contributed by atoms with Gasteiger partial charge in [0.05, 0.1) is 32.5 Å². The number of hydrogen-bond acceptors (Lipinski definition) is 6. The molecule has 0 saturated carbocycles. The fourth-order valence-corrected chi connectivity index (χ4v) is 3.40. The van der Waals surface area contributed by atoms with Crippen molar-refractivity contribution in [2.75, 3.05) is 10.9 Å². The van der Waals surface area contributed by atoms with Crippen LogP contribution < -0.4 is 10.9 Å². The van der Waals surface area contributed by atoms with E-state index in [4.69, 9.17) is 46.4 Å². The SMILES string of the molecule is Clc1ccc(/C=N/Nc2nnc(N/N=C/c3ccc(Cl)c(Cl)c3)c3ccccc23)cc1Cl. The minimum atomic E-state index is 0.456. The minimum Gasteiger partial charge on any atom is -0.259 e. The van der Waals surface area contributed by atoms with E-state index < -0.39 is 0 Å². The zero-order chi connectivity index (χ0) is 22.5. The number of benzene rings is 3. The van der Waals surface area contributed by atoms with Gasteiger partial charge in [-0.25, -0.2) is 0 Å². The number of rotatable bonds is 6. The van der Waals surface area contributed by atoms with E-state index in [0.29, 0.717) is 31.7 Å². The Labute approximate surface area is 203 Å². The molecule has 10 heteroatoms. The number of nitrogens with one attached hydrogen (secondary N) is 2. The van der Waals surface area contributed by atoms with E-state index in [1.165, 1.54) is 0 Å². The Morgan fingerprint density at radius 2 is 1.03 bits per heavy atom. The maximum atomic E-state index is 6.03. The van der Waals surface area contributed by atoms with Crippen molar-refractivity contribution in [3.63, 3.8) is 0 Å². The van der Waals surface area contributed by atoms with Crippen molar-refractivity contribution in [1.82, 2.24) is 10.2 Å². The molecule has 0 aliphatic heterocycles. The molecule has 6 nitrogen and oxygen atoms in total. The zero-order valence-corrected chi connectivity index (χ0v) is 19.3. The fraction of sp³-hybridized carbons (Fsp3) is 0. The van der Waals surface area contributed by atoms with Gasteiger partial charge in [-0.1, -0.05) is 82.8 Å². The van der Waals surface area contributed by atoms with Crippen molar-refractivity contribution in [3.8, 4) is 0 Å². The second-order valence-electron chi connectivity index (χ2n) is 6.53. The zero-order valence-electron chi connectivity index (χ0n) is 16.2. The molecule has 0 spiro atoms. The molecule has 3 aromatic carbocycles. The molecule has 4 rings (SSSR count). The number of hydrazone groups is 2. The minimum absolute atomic E-state index is 0.456. The molecule has 0 aliphatic carbocycles. The summed E-state index contributed by atoms with van der Waals surface area (Å²) in [6.45, 7) is 0. The highest BCUT2D eigenvalue weighted by Gasteiger charge is 2.08. The third-order valence-corrected chi connectivity index (χ3v) is 5.82. The lowest BCUT2D eigenvalue weighted by Gasteiger charge is -2.08. The molecule has 32 heavy (non-hydrogen) atoms. The summed E-state index contributed by atoms with van der Waals surface area (Å²) in [5.41, 5.74) is 7.42. The highest BCUT2D eigenvalue weighted by Crippen LogP contribution is 2.26. The molecule has 0 amide bonds. The Morgan fingerprint density at radius 3 is 1.44 bits per heavy atom. The monoisotopic (exact) mass is 502 g/mol. The van der Waals surface area contributed by atoms with Crippen LogP contribution in [0.3, 0.4) is 0 Å². The summed E-state index contributed by atoms with van der Waals surface area (Å²) in [6, 6.07) is 18.1. The maximum Gasteiger partial charge on any atom is 0.176 e. The molecule has 160 valence electrons. The number of hydrogen-bond donors (Lipinski definition) is 2. The van der Waals surface area contributed by atoms with Gasteiger partial charge in [0, 0.05) is 10.8 Å². The number of anilines is 2. The van der Waals surface area contributed by atoms with E-state index in [0.717, 1.165) is 21.9 Å². The summed E-state index contributed by atoms with van der Waals surface area (Å²) in [4.78, 5) is 0. The molecule has 0 aliphatic rings. The fourth-order valence-electron chi connectivity index (χ4n) is 2.79. The van der Waals surface area contributed by atoms with E-state index in [1.54, 1.807) is 36.7 Å². The van der Waals surface area contributed by atoms with Crippen molar-refractivity contribution in [3.05, 3.63) is 91.9 Å². The molecule has 2 N–H and O–H groups in total.